The van der Waals surface area contributed by atoms with Crippen molar-refractivity contribution >= 4 is 23.1 Å². The zero-order valence-corrected chi connectivity index (χ0v) is 15.2. The van der Waals surface area contributed by atoms with E-state index in [1.165, 1.54) is 4.90 Å². The fourth-order valence-electron chi connectivity index (χ4n) is 3.00. The number of likely N-dealkylation sites (N-methyl/N-ethyl adjacent to an activating group) is 1. The van der Waals surface area contributed by atoms with Crippen LogP contribution in [-0.2, 0) is 9.59 Å². The summed E-state index contributed by atoms with van der Waals surface area (Å²) in [5, 5.41) is 3.15. The van der Waals surface area contributed by atoms with Crippen LogP contribution < -0.4 is 10.1 Å². The maximum atomic E-state index is 12.8. The van der Waals surface area contributed by atoms with Crippen molar-refractivity contribution in [1.82, 2.24) is 4.90 Å². The molecule has 5 heteroatoms. The van der Waals surface area contributed by atoms with E-state index in [0.29, 0.717) is 30.0 Å². The number of rotatable bonds is 6. The second kappa shape index (κ2) is 7.44. The molecule has 0 bridgehead atoms. The van der Waals surface area contributed by atoms with Crippen LogP contribution in [0.3, 0.4) is 0 Å². The molecule has 0 fully saturated rings. The van der Waals surface area contributed by atoms with Gasteiger partial charge in [0.05, 0.1) is 12.2 Å². The quantitative estimate of drug-likeness (QED) is 0.809. The molecule has 1 aliphatic heterocycles. The predicted molar refractivity (Wildman–Crippen MR) is 102 cm³/mol. The fourth-order valence-corrected chi connectivity index (χ4v) is 3.00. The van der Waals surface area contributed by atoms with E-state index in [1.807, 2.05) is 62.4 Å². The van der Waals surface area contributed by atoms with E-state index >= 15 is 0 Å². The summed E-state index contributed by atoms with van der Waals surface area (Å²) in [5.74, 6) is 0.147. The van der Waals surface area contributed by atoms with Crippen LogP contribution in [0.5, 0.6) is 5.75 Å². The normalized spacial score (nSPS) is 14.2. The molecule has 1 heterocycles. The highest BCUT2D eigenvalue weighted by molar-refractivity contribution is 6.36. The number of benzene rings is 2. The Labute approximate surface area is 153 Å². The Kier molecular flexibility index (Phi) is 5.07. The molecule has 0 spiro atoms. The van der Waals surface area contributed by atoms with Crippen molar-refractivity contribution < 1.29 is 14.3 Å². The molecule has 0 aromatic heterocycles. The number of carbonyl (C=O) groups excluding carboxylic acids is 2. The second-order valence-corrected chi connectivity index (χ2v) is 6.06. The van der Waals surface area contributed by atoms with E-state index in [9.17, 15) is 9.59 Å². The minimum atomic E-state index is -0.303. The molecule has 134 valence electrons. The number of nitrogens with one attached hydrogen (secondary N) is 1. The number of ether oxygens (including phenoxy) is 1. The predicted octanol–water partition coefficient (Wildman–Crippen LogP) is 3.61. The molecule has 1 N–H and O–H groups in total. The van der Waals surface area contributed by atoms with E-state index in [1.54, 1.807) is 6.92 Å². The topological polar surface area (TPSA) is 58.6 Å². The number of aryl methyl sites for hydroxylation is 1. The van der Waals surface area contributed by atoms with Crippen molar-refractivity contribution in [2.75, 3.05) is 18.5 Å². The van der Waals surface area contributed by atoms with Crippen LogP contribution in [0.2, 0.25) is 0 Å². The van der Waals surface area contributed by atoms with Gasteiger partial charge in [-0.25, -0.2) is 0 Å². The van der Waals surface area contributed by atoms with Crippen LogP contribution in [0.25, 0.3) is 5.57 Å². The van der Waals surface area contributed by atoms with Crippen LogP contribution in [-0.4, -0.2) is 29.9 Å². The molecule has 5 nitrogen and oxygen atoms in total. The largest absolute Gasteiger partial charge is 0.494 e. The zero-order chi connectivity index (χ0) is 18.7. The Morgan fingerprint density at radius 2 is 1.73 bits per heavy atom. The molecule has 3 rings (SSSR count). The third-order valence-electron chi connectivity index (χ3n) is 4.23. The highest BCUT2D eigenvalue weighted by atomic mass is 16.5. The van der Waals surface area contributed by atoms with Gasteiger partial charge in [0, 0.05) is 12.2 Å². The van der Waals surface area contributed by atoms with Gasteiger partial charge >= 0.3 is 0 Å². The molecule has 0 aliphatic carbocycles. The fraction of sp³-hybridized carbons (Fsp3) is 0.238. The van der Waals surface area contributed by atoms with E-state index in [-0.39, 0.29) is 11.8 Å². The summed E-state index contributed by atoms with van der Waals surface area (Å²) in [4.78, 5) is 26.8. The third kappa shape index (κ3) is 3.33. The van der Waals surface area contributed by atoms with Crippen LogP contribution in [0.1, 0.15) is 25.0 Å². The first-order valence-electron chi connectivity index (χ1n) is 8.72. The molecule has 2 aromatic carbocycles. The minimum absolute atomic E-state index is 0.281. The number of anilines is 1. The van der Waals surface area contributed by atoms with Crippen LogP contribution >= 0.6 is 0 Å². The van der Waals surface area contributed by atoms with Crippen LogP contribution in [0.15, 0.2) is 54.2 Å². The van der Waals surface area contributed by atoms with Crippen molar-refractivity contribution in [1.29, 1.82) is 0 Å². The average Bonchev–Trinajstić information content (AvgIpc) is 2.86. The molecule has 0 unspecified atom stereocenters. The van der Waals surface area contributed by atoms with Gasteiger partial charge in [0.2, 0.25) is 0 Å². The van der Waals surface area contributed by atoms with Gasteiger partial charge < -0.3 is 10.1 Å². The summed E-state index contributed by atoms with van der Waals surface area (Å²) in [6, 6.07) is 14.9. The lowest BCUT2D eigenvalue weighted by molar-refractivity contribution is -0.136. The molecule has 0 saturated carbocycles. The lowest BCUT2D eigenvalue weighted by Gasteiger charge is -2.12. The molecule has 26 heavy (non-hydrogen) atoms. The van der Waals surface area contributed by atoms with Gasteiger partial charge in [0.25, 0.3) is 11.8 Å². The average molecular weight is 350 g/mol. The summed E-state index contributed by atoms with van der Waals surface area (Å²) in [6.07, 6.45) is 0. The summed E-state index contributed by atoms with van der Waals surface area (Å²) in [5.41, 5.74) is 3.25. The third-order valence-corrected chi connectivity index (χ3v) is 4.23. The van der Waals surface area contributed by atoms with Crippen molar-refractivity contribution in [2.24, 2.45) is 0 Å². The molecule has 0 radical (unpaired) electrons. The Morgan fingerprint density at radius 3 is 2.35 bits per heavy atom. The van der Waals surface area contributed by atoms with E-state index in [2.05, 4.69) is 5.32 Å². The molecule has 2 amide bonds. The van der Waals surface area contributed by atoms with Gasteiger partial charge in [0.1, 0.15) is 11.4 Å². The molecular weight excluding hydrogens is 328 g/mol. The van der Waals surface area contributed by atoms with Crippen LogP contribution in [0.4, 0.5) is 5.69 Å². The van der Waals surface area contributed by atoms with Crippen LogP contribution in [0, 0.1) is 6.92 Å². The zero-order valence-electron chi connectivity index (χ0n) is 15.2. The minimum Gasteiger partial charge on any atom is -0.494 e. The first kappa shape index (κ1) is 17.7. The van der Waals surface area contributed by atoms with Gasteiger partial charge in [-0.3, -0.25) is 14.5 Å². The van der Waals surface area contributed by atoms with Gasteiger partial charge in [0.15, 0.2) is 0 Å². The maximum Gasteiger partial charge on any atom is 0.278 e. The lowest BCUT2D eigenvalue weighted by Crippen LogP contribution is -2.32. The molecular formula is C21H22N2O3. The highest BCUT2D eigenvalue weighted by Gasteiger charge is 2.38. The SMILES string of the molecule is CCOc1ccc(C2=C(Nc3cccc(C)c3)C(=O)N(CC)C2=O)cc1. The Balaban J connectivity index is 2.03. The summed E-state index contributed by atoms with van der Waals surface area (Å²) >= 11 is 0. The maximum absolute atomic E-state index is 12.8. The molecule has 1 aliphatic rings. The number of imide groups is 1. The Morgan fingerprint density at radius 1 is 1.00 bits per heavy atom. The Hall–Kier alpha value is -3.08. The van der Waals surface area contributed by atoms with Gasteiger partial charge in [-0.05, 0) is 56.2 Å². The molecule has 0 atom stereocenters. The number of hydrogen-bond acceptors (Lipinski definition) is 4. The lowest BCUT2D eigenvalue weighted by atomic mass is 10.0. The number of carbonyl (C=O) groups is 2. The van der Waals surface area contributed by atoms with Gasteiger partial charge in [-0.1, -0.05) is 24.3 Å². The van der Waals surface area contributed by atoms with Crippen molar-refractivity contribution in [3.05, 3.63) is 65.4 Å². The molecule has 0 saturated heterocycles. The number of amides is 2. The summed E-state index contributed by atoms with van der Waals surface area (Å²) in [6.45, 7) is 6.59. The number of hydrogen-bond donors (Lipinski definition) is 1. The smallest absolute Gasteiger partial charge is 0.278 e. The standard InChI is InChI=1S/C21H22N2O3/c1-4-23-20(24)18(15-9-11-17(12-10-15)26-5-2)19(21(23)25)22-16-8-6-7-14(3)13-16/h6-13,22H,4-5H2,1-3H3. The summed E-state index contributed by atoms with van der Waals surface area (Å²) < 4.78 is 5.46. The first-order chi connectivity index (χ1) is 12.5. The highest BCUT2D eigenvalue weighted by Crippen LogP contribution is 2.31. The number of nitrogens with zero attached hydrogens (tertiary/aromatic N) is 1. The second-order valence-electron chi connectivity index (χ2n) is 6.06. The Bertz CT molecular complexity index is 869. The first-order valence-corrected chi connectivity index (χ1v) is 8.72. The van der Waals surface area contributed by atoms with E-state index in [0.717, 1.165) is 17.0 Å². The van der Waals surface area contributed by atoms with Crippen molar-refractivity contribution in [2.45, 2.75) is 20.8 Å². The van der Waals surface area contributed by atoms with Gasteiger partial charge in [-0.2, -0.15) is 0 Å². The summed E-state index contributed by atoms with van der Waals surface area (Å²) in [7, 11) is 0. The monoisotopic (exact) mass is 350 g/mol. The van der Waals surface area contributed by atoms with Crippen molar-refractivity contribution in [3.8, 4) is 5.75 Å². The van der Waals surface area contributed by atoms with E-state index < -0.39 is 0 Å². The van der Waals surface area contributed by atoms with Gasteiger partial charge in [-0.15, -0.1) is 0 Å². The van der Waals surface area contributed by atoms with Crippen molar-refractivity contribution in [3.63, 3.8) is 0 Å². The molecule has 2 aromatic rings. The van der Waals surface area contributed by atoms with E-state index in [4.69, 9.17) is 4.74 Å².